The number of rotatable bonds is 7. The van der Waals surface area contributed by atoms with Crippen molar-refractivity contribution in [2.45, 2.75) is 33.4 Å². The third-order valence-electron chi connectivity index (χ3n) is 5.13. The van der Waals surface area contributed by atoms with Crippen molar-refractivity contribution in [1.82, 2.24) is 39.9 Å². The summed E-state index contributed by atoms with van der Waals surface area (Å²) in [7, 11) is 0. The van der Waals surface area contributed by atoms with E-state index in [0.717, 1.165) is 11.8 Å². The van der Waals surface area contributed by atoms with Gasteiger partial charge >= 0.3 is 0 Å². The number of amides is 1. The second-order valence-corrected chi connectivity index (χ2v) is 7.47. The maximum atomic E-state index is 13.5. The van der Waals surface area contributed by atoms with Gasteiger partial charge in [-0.25, -0.2) is 9.07 Å². The normalized spacial score (nSPS) is 12.0. The molecule has 0 aliphatic carbocycles. The second-order valence-electron chi connectivity index (χ2n) is 7.47. The molecule has 4 aromatic rings. The van der Waals surface area contributed by atoms with Gasteiger partial charge in [-0.05, 0) is 45.0 Å². The van der Waals surface area contributed by atoms with Crippen molar-refractivity contribution in [2.24, 2.45) is 0 Å². The summed E-state index contributed by atoms with van der Waals surface area (Å²) < 4.78 is 14.8. The molecule has 0 spiro atoms. The molecule has 0 aliphatic heterocycles. The molecule has 0 N–H and O–H groups in total. The van der Waals surface area contributed by atoms with E-state index in [1.807, 2.05) is 39.0 Å². The highest BCUT2D eigenvalue weighted by Crippen LogP contribution is 2.20. The van der Waals surface area contributed by atoms with Gasteiger partial charge in [0.05, 0.1) is 48.3 Å². The quantitative estimate of drug-likeness (QED) is 0.444. The van der Waals surface area contributed by atoms with Crippen LogP contribution in [0.5, 0.6) is 0 Å². The Bertz CT molecular complexity index is 1200. The average Bonchev–Trinajstić information content (AvgIpc) is 3.47. The van der Waals surface area contributed by atoms with Gasteiger partial charge < -0.3 is 4.90 Å². The molecule has 3 aromatic heterocycles. The number of likely N-dealkylation sites (N-methyl/N-ethyl adjacent to an activating group) is 1. The fourth-order valence-corrected chi connectivity index (χ4v) is 3.55. The molecule has 0 saturated carbocycles. The van der Waals surface area contributed by atoms with Gasteiger partial charge in [0, 0.05) is 12.6 Å². The molecule has 0 unspecified atom stereocenters. The number of halogens is 1. The van der Waals surface area contributed by atoms with Crippen LogP contribution in [0, 0.1) is 12.7 Å². The van der Waals surface area contributed by atoms with Crippen LogP contribution in [0.2, 0.25) is 0 Å². The first kappa shape index (κ1) is 21.3. The molecule has 0 aliphatic rings. The SMILES string of the molecule is CCN(C(=O)c1cc(C)ccc1-n1nccn1)[C@@H](C)Cn1cc(-c2ccc(F)cn2)nn1. The number of carbonyl (C=O) groups is 1. The molecular formula is C22H23FN8O. The predicted molar refractivity (Wildman–Crippen MR) is 115 cm³/mol. The third-order valence-corrected chi connectivity index (χ3v) is 5.13. The molecule has 10 heteroatoms. The van der Waals surface area contributed by atoms with Crippen molar-refractivity contribution < 1.29 is 9.18 Å². The molecule has 9 nitrogen and oxygen atoms in total. The lowest BCUT2D eigenvalue weighted by atomic mass is 10.1. The molecule has 164 valence electrons. The van der Waals surface area contributed by atoms with E-state index in [2.05, 4.69) is 25.5 Å². The summed E-state index contributed by atoms with van der Waals surface area (Å²) in [4.78, 5) is 20.8. The van der Waals surface area contributed by atoms with Gasteiger partial charge in [0.25, 0.3) is 5.91 Å². The molecule has 0 bridgehead atoms. The lowest BCUT2D eigenvalue weighted by Gasteiger charge is -2.28. The van der Waals surface area contributed by atoms with E-state index in [1.54, 1.807) is 34.2 Å². The van der Waals surface area contributed by atoms with E-state index < -0.39 is 5.82 Å². The van der Waals surface area contributed by atoms with Crippen LogP contribution in [0.4, 0.5) is 4.39 Å². The molecule has 1 aromatic carbocycles. The van der Waals surface area contributed by atoms with Crippen molar-refractivity contribution in [2.75, 3.05) is 6.54 Å². The maximum absolute atomic E-state index is 13.5. The van der Waals surface area contributed by atoms with E-state index in [1.165, 1.54) is 10.9 Å². The van der Waals surface area contributed by atoms with Crippen LogP contribution in [0.3, 0.4) is 0 Å². The molecular weight excluding hydrogens is 411 g/mol. The Morgan fingerprint density at radius 1 is 1.16 bits per heavy atom. The van der Waals surface area contributed by atoms with Crippen LogP contribution in [-0.2, 0) is 6.54 Å². The van der Waals surface area contributed by atoms with Crippen LogP contribution < -0.4 is 0 Å². The minimum absolute atomic E-state index is 0.114. The Morgan fingerprint density at radius 2 is 1.94 bits per heavy atom. The number of benzene rings is 1. The molecule has 32 heavy (non-hydrogen) atoms. The topological polar surface area (TPSA) is 94.6 Å². The standard InChI is InChI=1S/C22H23FN8O/c1-4-30(22(32)18-11-15(2)5-8-21(18)31-25-9-10-26-31)16(3)13-29-14-20(27-28-29)19-7-6-17(23)12-24-19/h5-12,14,16H,4,13H2,1-3H3/t16-/m0/s1. The number of hydrogen-bond donors (Lipinski definition) is 0. The van der Waals surface area contributed by atoms with Gasteiger partial charge in [-0.1, -0.05) is 16.8 Å². The van der Waals surface area contributed by atoms with E-state index in [-0.39, 0.29) is 11.9 Å². The van der Waals surface area contributed by atoms with Crippen molar-refractivity contribution in [1.29, 1.82) is 0 Å². The van der Waals surface area contributed by atoms with Crippen LogP contribution >= 0.6 is 0 Å². The first-order valence-electron chi connectivity index (χ1n) is 10.3. The number of pyridine rings is 1. The summed E-state index contributed by atoms with van der Waals surface area (Å²) in [6.45, 7) is 6.79. The summed E-state index contributed by atoms with van der Waals surface area (Å²) in [6.07, 6.45) is 6.03. The number of aromatic nitrogens is 7. The molecule has 0 saturated heterocycles. The van der Waals surface area contributed by atoms with E-state index in [9.17, 15) is 9.18 Å². The third kappa shape index (κ3) is 4.39. The van der Waals surface area contributed by atoms with Crippen LogP contribution in [0.15, 0.2) is 55.1 Å². The minimum Gasteiger partial charge on any atom is -0.334 e. The first-order chi connectivity index (χ1) is 15.5. The van der Waals surface area contributed by atoms with E-state index >= 15 is 0 Å². The van der Waals surface area contributed by atoms with E-state index in [0.29, 0.717) is 35.7 Å². The lowest BCUT2D eigenvalue weighted by Crippen LogP contribution is -2.41. The average molecular weight is 434 g/mol. The minimum atomic E-state index is -0.410. The second kappa shape index (κ2) is 9.04. The van der Waals surface area contributed by atoms with Gasteiger partial charge in [-0.2, -0.15) is 15.0 Å². The Labute approximate surface area is 184 Å². The zero-order chi connectivity index (χ0) is 22.7. The fraction of sp³-hybridized carbons (Fsp3) is 0.273. The highest BCUT2D eigenvalue weighted by molar-refractivity contribution is 5.98. The Kier molecular flexibility index (Phi) is 6.02. The summed E-state index contributed by atoms with van der Waals surface area (Å²) >= 11 is 0. The van der Waals surface area contributed by atoms with Gasteiger partial charge in [0.15, 0.2) is 0 Å². The Morgan fingerprint density at radius 3 is 2.62 bits per heavy atom. The summed E-state index contributed by atoms with van der Waals surface area (Å²) in [5.41, 5.74) is 3.20. The van der Waals surface area contributed by atoms with Crippen molar-refractivity contribution in [3.8, 4) is 17.1 Å². The van der Waals surface area contributed by atoms with Crippen molar-refractivity contribution in [3.05, 3.63) is 72.1 Å². The van der Waals surface area contributed by atoms with Crippen LogP contribution in [0.1, 0.15) is 29.8 Å². The zero-order valence-corrected chi connectivity index (χ0v) is 18.1. The van der Waals surface area contributed by atoms with Gasteiger partial charge in [0.2, 0.25) is 0 Å². The maximum Gasteiger partial charge on any atom is 0.256 e. The highest BCUT2D eigenvalue weighted by Gasteiger charge is 2.24. The number of hydrogen-bond acceptors (Lipinski definition) is 6. The first-order valence-corrected chi connectivity index (χ1v) is 10.3. The lowest BCUT2D eigenvalue weighted by molar-refractivity contribution is 0.0684. The number of aryl methyl sites for hydroxylation is 1. The zero-order valence-electron chi connectivity index (χ0n) is 18.1. The van der Waals surface area contributed by atoms with Gasteiger partial charge in [-0.3, -0.25) is 9.78 Å². The molecule has 3 heterocycles. The van der Waals surface area contributed by atoms with Gasteiger partial charge in [-0.15, -0.1) is 5.10 Å². The predicted octanol–water partition coefficient (Wildman–Crippen LogP) is 2.92. The molecule has 0 fully saturated rings. The van der Waals surface area contributed by atoms with Crippen LogP contribution in [0.25, 0.3) is 17.1 Å². The Hall–Kier alpha value is -3.95. The smallest absolute Gasteiger partial charge is 0.256 e. The summed E-state index contributed by atoms with van der Waals surface area (Å²) in [6, 6.07) is 8.34. The van der Waals surface area contributed by atoms with E-state index in [4.69, 9.17) is 0 Å². The monoisotopic (exact) mass is 434 g/mol. The molecule has 4 rings (SSSR count). The van der Waals surface area contributed by atoms with Crippen molar-refractivity contribution in [3.63, 3.8) is 0 Å². The number of carbonyl (C=O) groups excluding carboxylic acids is 1. The molecule has 1 atom stereocenters. The summed E-state index contributed by atoms with van der Waals surface area (Å²) in [5.74, 6) is -0.524. The van der Waals surface area contributed by atoms with Crippen LogP contribution in [-0.4, -0.2) is 58.4 Å². The molecule has 0 radical (unpaired) electrons. The van der Waals surface area contributed by atoms with Crippen molar-refractivity contribution >= 4 is 5.91 Å². The van der Waals surface area contributed by atoms with Gasteiger partial charge in [0.1, 0.15) is 11.5 Å². The Balaban J connectivity index is 1.55. The molecule has 1 amide bonds. The number of nitrogens with zero attached hydrogens (tertiary/aromatic N) is 8. The summed E-state index contributed by atoms with van der Waals surface area (Å²) in [5, 5.41) is 16.6. The fourth-order valence-electron chi connectivity index (χ4n) is 3.55. The largest absolute Gasteiger partial charge is 0.334 e. The highest BCUT2D eigenvalue weighted by atomic mass is 19.1.